The largest absolute Gasteiger partial charge is 0.507 e. The predicted octanol–water partition coefficient (Wildman–Crippen LogP) is 4.02. The van der Waals surface area contributed by atoms with Gasteiger partial charge in [0.15, 0.2) is 0 Å². The van der Waals surface area contributed by atoms with Crippen molar-refractivity contribution in [2.75, 3.05) is 7.11 Å². The number of likely N-dealkylation sites (tertiary alicyclic amines) is 1. The molecule has 156 valence electrons. The number of benzene rings is 2. The van der Waals surface area contributed by atoms with E-state index < -0.39 is 17.7 Å². The smallest absolute Gasteiger partial charge is 0.295 e. The maximum absolute atomic E-state index is 13.0. The number of hydrogen-bond donors (Lipinski definition) is 1. The first-order valence-corrected chi connectivity index (χ1v) is 9.88. The van der Waals surface area contributed by atoms with E-state index in [1.807, 2.05) is 25.1 Å². The van der Waals surface area contributed by atoms with Gasteiger partial charge in [-0.05, 0) is 36.2 Å². The summed E-state index contributed by atoms with van der Waals surface area (Å²) in [7, 11) is 1.57. The van der Waals surface area contributed by atoms with Crippen molar-refractivity contribution in [3.63, 3.8) is 0 Å². The third kappa shape index (κ3) is 3.92. The van der Waals surface area contributed by atoms with Crippen LogP contribution in [0.25, 0.3) is 5.76 Å². The average Bonchev–Trinajstić information content (AvgIpc) is 3.05. The summed E-state index contributed by atoms with van der Waals surface area (Å²) in [6, 6.07) is 17.2. The first-order valence-electron chi connectivity index (χ1n) is 9.88. The van der Waals surface area contributed by atoms with Gasteiger partial charge < -0.3 is 14.7 Å². The highest BCUT2D eigenvalue weighted by Gasteiger charge is 2.46. The van der Waals surface area contributed by atoms with Crippen LogP contribution in [0.3, 0.4) is 0 Å². The minimum atomic E-state index is -0.729. The molecule has 3 aromatic rings. The van der Waals surface area contributed by atoms with Gasteiger partial charge in [0.05, 0.1) is 18.7 Å². The molecule has 6 heteroatoms. The molecule has 1 aliphatic heterocycles. The molecule has 1 saturated heterocycles. The van der Waals surface area contributed by atoms with E-state index in [0.717, 1.165) is 11.1 Å². The summed E-state index contributed by atoms with van der Waals surface area (Å²) < 4.78 is 5.23. The highest BCUT2D eigenvalue weighted by atomic mass is 16.5. The van der Waals surface area contributed by atoms with Gasteiger partial charge in [-0.2, -0.15) is 0 Å². The average molecular weight is 414 g/mol. The van der Waals surface area contributed by atoms with Crippen LogP contribution in [-0.2, 0) is 16.1 Å². The molecule has 31 heavy (non-hydrogen) atoms. The molecule has 6 nitrogen and oxygen atoms in total. The van der Waals surface area contributed by atoms with Crippen LogP contribution in [0.4, 0.5) is 0 Å². The lowest BCUT2D eigenvalue weighted by Gasteiger charge is -2.25. The fourth-order valence-electron chi connectivity index (χ4n) is 3.73. The highest BCUT2D eigenvalue weighted by molar-refractivity contribution is 6.46. The standard InChI is InChI=1S/C25H22N2O4/c1-16-5-7-19(8-6-16)23(28)21-22(18-9-11-20(31-2)12-10-18)27(25(30)24(21)29)15-17-4-3-13-26-14-17/h3-14,22,28H,15H2,1-2H3/t22-/m0/s1. The summed E-state index contributed by atoms with van der Waals surface area (Å²) >= 11 is 0. The number of pyridine rings is 1. The number of rotatable bonds is 5. The normalized spacial score (nSPS) is 17.7. The molecular weight excluding hydrogens is 392 g/mol. The van der Waals surface area contributed by atoms with E-state index in [2.05, 4.69) is 4.98 Å². The van der Waals surface area contributed by atoms with Gasteiger partial charge in [0.2, 0.25) is 0 Å². The van der Waals surface area contributed by atoms with E-state index in [4.69, 9.17) is 4.74 Å². The van der Waals surface area contributed by atoms with Crippen molar-refractivity contribution in [1.82, 2.24) is 9.88 Å². The van der Waals surface area contributed by atoms with Gasteiger partial charge in [-0.15, -0.1) is 0 Å². The Kier molecular flexibility index (Phi) is 5.54. The van der Waals surface area contributed by atoms with Gasteiger partial charge in [0, 0.05) is 24.5 Å². The van der Waals surface area contributed by atoms with Crippen molar-refractivity contribution in [2.24, 2.45) is 0 Å². The van der Waals surface area contributed by atoms with Crippen LogP contribution < -0.4 is 4.74 Å². The number of Topliss-reactive ketones (excluding diaryl/α,β-unsaturated/α-hetero) is 1. The fraction of sp³-hybridized carbons (Fsp3) is 0.160. The van der Waals surface area contributed by atoms with Crippen molar-refractivity contribution >= 4 is 17.4 Å². The Balaban J connectivity index is 1.85. The monoisotopic (exact) mass is 414 g/mol. The summed E-state index contributed by atoms with van der Waals surface area (Å²) in [4.78, 5) is 31.6. The number of hydrogen-bond acceptors (Lipinski definition) is 5. The fourth-order valence-corrected chi connectivity index (χ4v) is 3.73. The van der Waals surface area contributed by atoms with Crippen LogP contribution in [0.15, 0.2) is 78.6 Å². The number of carbonyl (C=O) groups is 2. The number of nitrogens with zero attached hydrogens (tertiary/aromatic N) is 2. The molecule has 2 aromatic carbocycles. The SMILES string of the molecule is COc1ccc([C@H]2C(=C(O)c3ccc(C)cc3)C(=O)C(=O)N2Cc2cccnc2)cc1. The quantitative estimate of drug-likeness (QED) is 0.388. The minimum absolute atomic E-state index is 0.0721. The van der Waals surface area contributed by atoms with E-state index in [1.165, 1.54) is 4.90 Å². The Morgan fingerprint density at radius 2 is 1.77 bits per heavy atom. The number of ketones is 1. The van der Waals surface area contributed by atoms with Gasteiger partial charge in [0.1, 0.15) is 11.5 Å². The molecule has 1 fully saturated rings. The first-order chi connectivity index (χ1) is 15.0. The van der Waals surface area contributed by atoms with E-state index in [9.17, 15) is 14.7 Å². The second-order valence-corrected chi connectivity index (χ2v) is 7.43. The molecule has 1 aliphatic rings. The molecule has 0 spiro atoms. The van der Waals surface area contributed by atoms with Crippen LogP contribution >= 0.6 is 0 Å². The third-order valence-corrected chi connectivity index (χ3v) is 5.37. The number of amides is 1. The van der Waals surface area contributed by atoms with E-state index in [1.54, 1.807) is 62.0 Å². The number of aliphatic hydroxyl groups is 1. The molecule has 1 aromatic heterocycles. The molecule has 0 radical (unpaired) electrons. The lowest BCUT2D eigenvalue weighted by Crippen LogP contribution is -2.29. The molecule has 2 heterocycles. The van der Waals surface area contributed by atoms with Crippen LogP contribution in [0, 0.1) is 6.92 Å². The van der Waals surface area contributed by atoms with Crippen molar-refractivity contribution < 1.29 is 19.4 Å². The second kappa shape index (κ2) is 8.44. The zero-order chi connectivity index (χ0) is 22.0. The second-order valence-electron chi connectivity index (χ2n) is 7.43. The topological polar surface area (TPSA) is 79.7 Å². The summed E-state index contributed by atoms with van der Waals surface area (Å²) in [5.74, 6) is -0.888. The highest BCUT2D eigenvalue weighted by Crippen LogP contribution is 2.40. The van der Waals surface area contributed by atoms with Gasteiger partial charge >= 0.3 is 0 Å². The Morgan fingerprint density at radius 1 is 1.06 bits per heavy atom. The van der Waals surface area contributed by atoms with Gasteiger partial charge in [-0.1, -0.05) is 48.0 Å². The van der Waals surface area contributed by atoms with Gasteiger partial charge in [0.25, 0.3) is 11.7 Å². The number of aliphatic hydroxyl groups excluding tert-OH is 1. The third-order valence-electron chi connectivity index (χ3n) is 5.37. The van der Waals surface area contributed by atoms with E-state index in [0.29, 0.717) is 16.9 Å². The van der Waals surface area contributed by atoms with Crippen molar-refractivity contribution in [3.8, 4) is 5.75 Å². The van der Waals surface area contributed by atoms with Crippen LogP contribution in [-0.4, -0.2) is 33.8 Å². The predicted molar refractivity (Wildman–Crippen MR) is 116 cm³/mol. The molecule has 1 atom stereocenters. The zero-order valence-electron chi connectivity index (χ0n) is 17.3. The number of aromatic nitrogens is 1. The number of aryl methyl sites for hydroxylation is 1. The number of ether oxygens (including phenoxy) is 1. The lowest BCUT2D eigenvalue weighted by molar-refractivity contribution is -0.140. The van der Waals surface area contributed by atoms with Crippen molar-refractivity contribution in [1.29, 1.82) is 0 Å². The number of carbonyl (C=O) groups excluding carboxylic acids is 2. The molecule has 4 rings (SSSR count). The Labute approximate surface area is 180 Å². The van der Waals surface area contributed by atoms with E-state index >= 15 is 0 Å². The van der Waals surface area contributed by atoms with Crippen LogP contribution in [0.1, 0.15) is 28.3 Å². The van der Waals surface area contributed by atoms with Crippen molar-refractivity contribution in [2.45, 2.75) is 19.5 Å². The van der Waals surface area contributed by atoms with Gasteiger partial charge in [-0.3, -0.25) is 14.6 Å². The summed E-state index contributed by atoms with van der Waals surface area (Å²) in [6.45, 7) is 2.13. The van der Waals surface area contributed by atoms with Gasteiger partial charge in [-0.25, -0.2) is 0 Å². The molecular formula is C25H22N2O4. The lowest BCUT2D eigenvalue weighted by atomic mass is 9.95. The molecule has 0 saturated carbocycles. The summed E-state index contributed by atoms with van der Waals surface area (Å²) in [5.41, 5.74) is 3.09. The molecule has 0 unspecified atom stereocenters. The zero-order valence-corrected chi connectivity index (χ0v) is 17.3. The number of methoxy groups -OCH3 is 1. The summed E-state index contributed by atoms with van der Waals surface area (Å²) in [6.07, 6.45) is 3.31. The molecule has 1 amide bonds. The summed E-state index contributed by atoms with van der Waals surface area (Å²) in [5, 5.41) is 11.1. The maximum atomic E-state index is 13.0. The maximum Gasteiger partial charge on any atom is 0.295 e. The van der Waals surface area contributed by atoms with Crippen molar-refractivity contribution in [3.05, 3.63) is 101 Å². The van der Waals surface area contributed by atoms with E-state index in [-0.39, 0.29) is 17.9 Å². The first kappa shape index (κ1) is 20.3. The Morgan fingerprint density at radius 3 is 2.39 bits per heavy atom. The Hall–Kier alpha value is -3.93. The molecule has 1 N–H and O–H groups in total. The minimum Gasteiger partial charge on any atom is -0.507 e. The Bertz CT molecular complexity index is 1140. The van der Waals surface area contributed by atoms with Crippen LogP contribution in [0.2, 0.25) is 0 Å². The molecule has 0 bridgehead atoms. The molecule has 0 aliphatic carbocycles. The van der Waals surface area contributed by atoms with Crippen LogP contribution in [0.5, 0.6) is 5.75 Å².